The van der Waals surface area contributed by atoms with Crippen molar-refractivity contribution in [2.75, 3.05) is 0 Å². The molecule has 0 aliphatic rings. The maximum atomic E-state index is 3.59. The van der Waals surface area contributed by atoms with Gasteiger partial charge in [-0.2, -0.15) is 0 Å². The number of hydrogen-bond acceptors (Lipinski definition) is 0. The van der Waals surface area contributed by atoms with Gasteiger partial charge in [-0.25, -0.2) is 0 Å². The Kier molecular flexibility index (Phi) is 3.29. The monoisotopic (exact) mass is 221 g/mol. The average Bonchev–Trinajstić information content (AvgIpc) is 2.41. The van der Waals surface area contributed by atoms with Crippen LogP contribution in [-0.4, -0.2) is 4.98 Å². The molecule has 1 nitrogen and oxygen atoms in total. The molecule has 0 fully saturated rings. The van der Waals surface area contributed by atoms with Crippen LogP contribution >= 0.6 is 0 Å². The lowest BCUT2D eigenvalue weighted by Crippen LogP contribution is -2.18. The highest BCUT2D eigenvalue weighted by Crippen LogP contribution is 2.37. The fraction of sp³-hybridized carbons (Fsp3) is 0.733. The van der Waals surface area contributed by atoms with Crippen LogP contribution < -0.4 is 0 Å². The van der Waals surface area contributed by atoms with Crippen molar-refractivity contribution in [2.24, 2.45) is 0 Å². The number of rotatable bonds is 2. The number of H-pyrrole nitrogens is 1. The number of aryl methyl sites for hydroxylation is 1. The largest absolute Gasteiger partial charge is 0.362 e. The summed E-state index contributed by atoms with van der Waals surface area (Å²) in [5.41, 5.74) is 6.18. The molecule has 0 saturated heterocycles. The molecule has 1 aromatic rings. The number of aromatic nitrogens is 1. The fourth-order valence-corrected chi connectivity index (χ4v) is 2.69. The molecule has 0 amide bonds. The van der Waals surface area contributed by atoms with Gasteiger partial charge in [-0.05, 0) is 36.8 Å². The van der Waals surface area contributed by atoms with E-state index in [2.05, 4.69) is 60.4 Å². The summed E-state index contributed by atoms with van der Waals surface area (Å²) >= 11 is 0. The maximum absolute atomic E-state index is 3.59. The Bertz CT molecular complexity index is 375. The third kappa shape index (κ3) is 2.18. The lowest BCUT2D eigenvalue weighted by atomic mass is 9.78. The summed E-state index contributed by atoms with van der Waals surface area (Å²) in [4.78, 5) is 3.59. The molecule has 0 aliphatic heterocycles. The zero-order valence-corrected chi connectivity index (χ0v) is 12.2. The Hall–Kier alpha value is -0.720. The lowest BCUT2D eigenvalue weighted by Gasteiger charge is -2.25. The van der Waals surface area contributed by atoms with Crippen LogP contribution in [0.25, 0.3) is 0 Å². The van der Waals surface area contributed by atoms with E-state index in [-0.39, 0.29) is 10.8 Å². The average molecular weight is 221 g/mol. The molecule has 1 aromatic heterocycles. The van der Waals surface area contributed by atoms with E-state index < -0.39 is 0 Å². The van der Waals surface area contributed by atoms with E-state index in [0.29, 0.717) is 0 Å². The minimum absolute atomic E-state index is 0.205. The summed E-state index contributed by atoms with van der Waals surface area (Å²) in [5.74, 6) is 0. The second-order valence-corrected chi connectivity index (χ2v) is 6.61. The van der Waals surface area contributed by atoms with Crippen molar-refractivity contribution < 1.29 is 0 Å². The van der Waals surface area contributed by atoms with Gasteiger partial charge in [0, 0.05) is 16.8 Å². The minimum Gasteiger partial charge on any atom is -0.362 e. The van der Waals surface area contributed by atoms with Crippen molar-refractivity contribution in [3.63, 3.8) is 0 Å². The van der Waals surface area contributed by atoms with E-state index in [1.807, 2.05) is 0 Å². The predicted octanol–water partition coefficient (Wildman–Crippen LogP) is 4.62. The molecular formula is C15H27N. The fourth-order valence-electron chi connectivity index (χ4n) is 2.69. The molecule has 1 heterocycles. The van der Waals surface area contributed by atoms with Gasteiger partial charge in [0.1, 0.15) is 0 Å². The zero-order valence-electron chi connectivity index (χ0n) is 12.2. The highest BCUT2D eigenvalue weighted by Gasteiger charge is 2.29. The molecule has 0 bridgehead atoms. The molecule has 0 saturated carbocycles. The van der Waals surface area contributed by atoms with Crippen molar-refractivity contribution in [1.82, 2.24) is 4.98 Å². The van der Waals surface area contributed by atoms with Crippen molar-refractivity contribution >= 4 is 0 Å². The first-order valence-electron chi connectivity index (χ1n) is 6.31. The third-order valence-electron chi connectivity index (χ3n) is 3.75. The van der Waals surface area contributed by atoms with Gasteiger partial charge in [-0.3, -0.25) is 0 Å². The summed E-state index contributed by atoms with van der Waals surface area (Å²) in [6.45, 7) is 18.2. The van der Waals surface area contributed by atoms with E-state index in [4.69, 9.17) is 0 Å². The van der Waals surface area contributed by atoms with Gasteiger partial charge in [-0.15, -0.1) is 0 Å². The highest BCUT2D eigenvalue weighted by atomic mass is 14.8. The molecule has 0 aromatic carbocycles. The molecular weight excluding hydrogens is 194 g/mol. The Morgan fingerprint density at radius 2 is 1.50 bits per heavy atom. The molecule has 0 aliphatic carbocycles. The third-order valence-corrected chi connectivity index (χ3v) is 3.75. The Balaban J connectivity index is 3.40. The molecule has 0 spiro atoms. The summed E-state index contributed by atoms with van der Waals surface area (Å²) in [6, 6.07) is 0. The minimum atomic E-state index is 0.205. The Morgan fingerprint density at radius 3 is 1.81 bits per heavy atom. The topological polar surface area (TPSA) is 15.8 Å². The molecule has 1 N–H and O–H groups in total. The first-order chi connectivity index (χ1) is 7.11. The summed E-state index contributed by atoms with van der Waals surface area (Å²) < 4.78 is 0. The van der Waals surface area contributed by atoms with Gasteiger partial charge < -0.3 is 4.98 Å². The molecule has 0 radical (unpaired) electrons. The van der Waals surface area contributed by atoms with Gasteiger partial charge in [0.15, 0.2) is 0 Å². The van der Waals surface area contributed by atoms with Crippen LogP contribution in [-0.2, 0) is 10.8 Å². The first kappa shape index (κ1) is 13.3. The number of aromatic amines is 1. The van der Waals surface area contributed by atoms with Gasteiger partial charge in [0.25, 0.3) is 0 Å². The Labute approximate surface area is 101 Å². The van der Waals surface area contributed by atoms with Gasteiger partial charge in [-0.1, -0.05) is 41.5 Å². The van der Waals surface area contributed by atoms with Crippen LogP contribution in [0.15, 0.2) is 0 Å². The number of hydrogen-bond donors (Lipinski definition) is 1. The molecule has 92 valence electrons. The second-order valence-electron chi connectivity index (χ2n) is 6.61. The standard InChI is InChI=1S/C15H27N/c1-9-15(7,8)12-10(2)13(14(4,5)6)16-11(12)3/h16H,9H2,1-8H3. The molecule has 1 rings (SSSR count). The van der Waals surface area contributed by atoms with Crippen LogP contribution in [0.3, 0.4) is 0 Å². The smallest absolute Gasteiger partial charge is 0.0236 e. The molecule has 16 heavy (non-hydrogen) atoms. The van der Waals surface area contributed by atoms with Gasteiger partial charge >= 0.3 is 0 Å². The van der Waals surface area contributed by atoms with Crippen LogP contribution in [0.1, 0.15) is 70.5 Å². The van der Waals surface area contributed by atoms with Crippen molar-refractivity contribution in [1.29, 1.82) is 0 Å². The molecule has 1 heteroatoms. The molecule has 0 unspecified atom stereocenters. The predicted molar refractivity (Wildman–Crippen MR) is 72.3 cm³/mol. The zero-order chi connectivity index (χ0) is 12.7. The van der Waals surface area contributed by atoms with Crippen LogP contribution in [0.4, 0.5) is 0 Å². The normalized spacial score (nSPS) is 13.2. The van der Waals surface area contributed by atoms with E-state index in [1.165, 1.54) is 28.9 Å². The molecule has 0 atom stereocenters. The van der Waals surface area contributed by atoms with Crippen molar-refractivity contribution in [3.05, 3.63) is 22.5 Å². The van der Waals surface area contributed by atoms with E-state index in [9.17, 15) is 0 Å². The van der Waals surface area contributed by atoms with E-state index >= 15 is 0 Å². The highest BCUT2D eigenvalue weighted by molar-refractivity contribution is 5.43. The number of nitrogens with one attached hydrogen (secondary N) is 1. The SMILES string of the molecule is CCC(C)(C)c1c(C)[nH]c(C(C)(C)C)c1C. The van der Waals surface area contributed by atoms with Crippen molar-refractivity contribution in [2.45, 2.75) is 72.6 Å². The van der Waals surface area contributed by atoms with E-state index in [1.54, 1.807) is 0 Å². The lowest BCUT2D eigenvalue weighted by molar-refractivity contribution is 0.500. The Morgan fingerprint density at radius 1 is 1.00 bits per heavy atom. The first-order valence-corrected chi connectivity index (χ1v) is 6.31. The quantitative estimate of drug-likeness (QED) is 0.750. The summed E-state index contributed by atoms with van der Waals surface area (Å²) in [5, 5.41) is 0. The van der Waals surface area contributed by atoms with E-state index in [0.717, 1.165) is 0 Å². The van der Waals surface area contributed by atoms with Gasteiger partial charge in [0.05, 0.1) is 0 Å². The van der Waals surface area contributed by atoms with Crippen LogP contribution in [0.2, 0.25) is 0 Å². The van der Waals surface area contributed by atoms with Crippen LogP contribution in [0.5, 0.6) is 0 Å². The van der Waals surface area contributed by atoms with Crippen LogP contribution in [0, 0.1) is 13.8 Å². The summed E-state index contributed by atoms with van der Waals surface area (Å²) in [7, 11) is 0. The van der Waals surface area contributed by atoms with Crippen molar-refractivity contribution in [3.8, 4) is 0 Å². The second kappa shape index (κ2) is 3.94. The van der Waals surface area contributed by atoms with Gasteiger partial charge in [0.2, 0.25) is 0 Å². The summed E-state index contributed by atoms with van der Waals surface area (Å²) in [6.07, 6.45) is 1.18. The maximum Gasteiger partial charge on any atom is 0.0236 e.